The van der Waals surface area contributed by atoms with Crippen molar-refractivity contribution in [1.82, 2.24) is 5.43 Å². The number of benzene rings is 3. The second kappa shape index (κ2) is 10.8. The number of nitrogens with one attached hydrogen (secondary N) is 1. The predicted molar refractivity (Wildman–Crippen MR) is 125 cm³/mol. The van der Waals surface area contributed by atoms with Crippen LogP contribution in [-0.2, 0) is 5.75 Å². The molecule has 0 spiro atoms. The standard InChI is InChI=1S/C23H21BrN2O3S/c1-28-21-13-17(12-20(24)22(21)29-2)14-25-26-23(27)18-10-8-16(9-11-18)15-30-19-6-4-3-5-7-19/h3-14H,15H2,1-2H3,(H,26,27)/b25-14-. The number of hydrazone groups is 1. The topological polar surface area (TPSA) is 59.9 Å². The summed E-state index contributed by atoms with van der Waals surface area (Å²) in [5, 5.41) is 4.04. The van der Waals surface area contributed by atoms with Crippen LogP contribution in [0.25, 0.3) is 0 Å². The maximum Gasteiger partial charge on any atom is 0.271 e. The van der Waals surface area contributed by atoms with Crippen LogP contribution >= 0.6 is 27.7 Å². The van der Waals surface area contributed by atoms with E-state index < -0.39 is 0 Å². The molecule has 0 atom stereocenters. The first-order chi connectivity index (χ1) is 14.6. The van der Waals surface area contributed by atoms with Crippen LogP contribution in [0.4, 0.5) is 0 Å². The van der Waals surface area contributed by atoms with Crippen LogP contribution in [0.5, 0.6) is 11.5 Å². The van der Waals surface area contributed by atoms with E-state index in [1.807, 2.05) is 36.4 Å². The highest BCUT2D eigenvalue weighted by atomic mass is 79.9. The molecule has 0 aromatic heterocycles. The molecule has 154 valence electrons. The van der Waals surface area contributed by atoms with E-state index in [0.717, 1.165) is 21.4 Å². The number of hydrogen-bond donors (Lipinski definition) is 1. The third-order valence-corrected chi connectivity index (χ3v) is 5.87. The zero-order valence-electron chi connectivity index (χ0n) is 16.6. The molecule has 0 unspecified atom stereocenters. The monoisotopic (exact) mass is 484 g/mol. The van der Waals surface area contributed by atoms with Crippen molar-refractivity contribution in [2.45, 2.75) is 10.6 Å². The van der Waals surface area contributed by atoms with Gasteiger partial charge in [-0.1, -0.05) is 30.3 Å². The van der Waals surface area contributed by atoms with E-state index in [9.17, 15) is 4.79 Å². The molecule has 7 heteroatoms. The fraction of sp³-hybridized carbons (Fsp3) is 0.130. The molecular weight excluding hydrogens is 464 g/mol. The van der Waals surface area contributed by atoms with E-state index in [4.69, 9.17) is 9.47 Å². The Kier molecular flexibility index (Phi) is 7.93. The van der Waals surface area contributed by atoms with Crippen LogP contribution in [0.15, 0.2) is 81.2 Å². The van der Waals surface area contributed by atoms with Gasteiger partial charge in [-0.25, -0.2) is 5.43 Å². The fourth-order valence-corrected chi connectivity index (χ4v) is 4.18. The zero-order chi connectivity index (χ0) is 21.3. The summed E-state index contributed by atoms with van der Waals surface area (Å²) in [5.74, 6) is 1.75. The van der Waals surface area contributed by atoms with Crippen LogP contribution in [0, 0.1) is 0 Å². The molecule has 0 bridgehead atoms. The first kappa shape index (κ1) is 21.9. The van der Waals surface area contributed by atoms with Crippen molar-refractivity contribution in [1.29, 1.82) is 0 Å². The van der Waals surface area contributed by atoms with Crippen LogP contribution in [0.3, 0.4) is 0 Å². The lowest BCUT2D eigenvalue weighted by molar-refractivity contribution is 0.0955. The van der Waals surface area contributed by atoms with Crippen molar-refractivity contribution in [3.8, 4) is 11.5 Å². The number of methoxy groups -OCH3 is 2. The average Bonchev–Trinajstić information content (AvgIpc) is 2.78. The fourth-order valence-electron chi connectivity index (χ4n) is 2.68. The van der Waals surface area contributed by atoms with Gasteiger partial charge in [-0.2, -0.15) is 5.10 Å². The Morgan fingerprint density at radius 3 is 2.47 bits per heavy atom. The molecule has 0 aliphatic heterocycles. The number of carbonyl (C=O) groups is 1. The molecule has 3 aromatic rings. The minimum absolute atomic E-state index is 0.270. The quantitative estimate of drug-likeness (QED) is 0.259. The van der Waals surface area contributed by atoms with Crippen molar-refractivity contribution in [2.75, 3.05) is 14.2 Å². The molecule has 0 aliphatic carbocycles. The van der Waals surface area contributed by atoms with E-state index in [0.29, 0.717) is 17.1 Å². The number of thioether (sulfide) groups is 1. The van der Waals surface area contributed by atoms with Crippen molar-refractivity contribution in [2.24, 2.45) is 5.10 Å². The molecule has 5 nitrogen and oxygen atoms in total. The van der Waals surface area contributed by atoms with Gasteiger partial charge in [-0.3, -0.25) is 4.79 Å². The number of halogens is 1. The predicted octanol–water partition coefficient (Wildman–Crippen LogP) is 5.52. The van der Waals surface area contributed by atoms with E-state index >= 15 is 0 Å². The third kappa shape index (κ3) is 5.87. The summed E-state index contributed by atoms with van der Waals surface area (Å²) >= 11 is 5.19. The number of nitrogens with zero attached hydrogens (tertiary/aromatic N) is 1. The van der Waals surface area contributed by atoms with Crippen LogP contribution in [-0.4, -0.2) is 26.3 Å². The van der Waals surface area contributed by atoms with E-state index in [1.54, 1.807) is 50.4 Å². The van der Waals surface area contributed by atoms with E-state index in [1.165, 1.54) is 4.90 Å². The first-order valence-corrected chi connectivity index (χ1v) is 10.9. The van der Waals surface area contributed by atoms with Crippen LogP contribution in [0.1, 0.15) is 21.5 Å². The lowest BCUT2D eigenvalue weighted by Gasteiger charge is -2.10. The number of rotatable bonds is 8. The summed E-state index contributed by atoms with van der Waals surface area (Å²) in [6.45, 7) is 0. The van der Waals surface area contributed by atoms with Crippen molar-refractivity contribution in [3.05, 3.63) is 87.9 Å². The van der Waals surface area contributed by atoms with Gasteiger partial charge in [0.15, 0.2) is 11.5 Å². The number of hydrogen-bond acceptors (Lipinski definition) is 5. The normalized spacial score (nSPS) is 10.8. The summed E-state index contributed by atoms with van der Waals surface area (Å²) in [4.78, 5) is 13.6. The Morgan fingerprint density at radius 2 is 1.80 bits per heavy atom. The van der Waals surface area contributed by atoms with Gasteiger partial charge < -0.3 is 9.47 Å². The molecule has 30 heavy (non-hydrogen) atoms. The highest BCUT2D eigenvalue weighted by molar-refractivity contribution is 9.10. The van der Waals surface area contributed by atoms with Crippen LogP contribution < -0.4 is 14.9 Å². The lowest BCUT2D eigenvalue weighted by atomic mass is 10.1. The molecule has 0 fully saturated rings. The zero-order valence-corrected chi connectivity index (χ0v) is 19.0. The van der Waals surface area contributed by atoms with Gasteiger partial charge in [-0.05, 0) is 63.5 Å². The van der Waals surface area contributed by atoms with E-state index in [-0.39, 0.29) is 5.91 Å². The maximum absolute atomic E-state index is 12.3. The highest BCUT2D eigenvalue weighted by Gasteiger charge is 2.10. The van der Waals surface area contributed by atoms with Crippen molar-refractivity contribution < 1.29 is 14.3 Å². The average molecular weight is 485 g/mol. The number of amides is 1. The minimum Gasteiger partial charge on any atom is -0.493 e. The Labute approximate surface area is 188 Å². The first-order valence-electron chi connectivity index (χ1n) is 9.12. The molecule has 0 saturated carbocycles. The molecular formula is C23H21BrN2O3S. The van der Waals surface area contributed by atoms with Crippen LogP contribution in [0.2, 0.25) is 0 Å². The molecule has 3 aromatic carbocycles. The lowest BCUT2D eigenvalue weighted by Crippen LogP contribution is -2.17. The summed E-state index contributed by atoms with van der Waals surface area (Å²) in [6, 6.07) is 21.4. The number of ether oxygens (including phenoxy) is 2. The van der Waals surface area contributed by atoms with Crippen molar-refractivity contribution in [3.63, 3.8) is 0 Å². The van der Waals surface area contributed by atoms with Gasteiger partial charge in [0.2, 0.25) is 0 Å². The third-order valence-electron chi connectivity index (χ3n) is 4.20. The smallest absolute Gasteiger partial charge is 0.271 e. The molecule has 0 heterocycles. The Bertz CT molecular complexity index is 1020. The van der Waals surface area contributed by atoms with Gasteiger partial charge in [0.25, 0.3) is 5.91 Å². The SMILES string of the molecule is COc1cc(/C=N\NC(=O)c2ccc(CSc3ccccc3)cc2)cc(Br)c1OC. The molecule has 3 rings (SSSR count). The molecule has 1 N–H and O–H groups in total. The molecule has 0 saturated heterocycles. The maximum atomic E-state index is 12.3. The molecule has 1 amide bonds. The van der Waals surface area contributed by atoms with Gasteiger partial charge in [-0.15, -0.1) is 11.8 Å². The van der Waals surface area contributed by atoms with Gasteiger partial charge in [0, 0.05) is 16.2 Å². The summed E-state index contributed by atoms with van der Waals surface area (Å²) < 4.78 is 11.3. The van der Waals surface area contributed by atoms with E-state index in [2.05, 4.69) is 38.6 Å². The Balaban J connectivity index is 1.57. The van der Waals surface area contributed by atoms with Crippen molar-refractivity contribution >= 4 is 39.8 Å². The second-order valence-corrected chi connectivity index (χ2v) is 8.14. The van der Waals surface area contributed by atoms with Gasteiger partial charge >= 0.3 is 0 Å². The Morgan fingerprint density at radius 1 is 1.07 bits per heavy atom. The summed E-state index contributed by atoms with van der Waals surface area (Å²) in [7, 11) is 3.14. The van der Waals surface area contributed by atoms with Gasteiger partial charge in [0.05, 0.1) is 24.9 Å². The molecule has 0 aliphatic rings. The molecule has 0 radical (unpaired) electrons. The van der Waals surface area contributed by atoms with Gasteiger partial charge in [0.1, 0.15) is 0 Å². The Hall–Kier alpha value is -2.77. The minimum atomic E-state index is -0.270. The highest BCUT2D eigenvalue weighted by Crippen LogP contribution is 2.35. The second-order valence-electron chi connectivity index (χ2n) is 6.24. The largest absolute Gasteiger partial charge is 0.493 e. The summed E-state index contributed by atoms with van der Waals surface area (Å²) in [6.07, 6.45) is 1.55. The summed E-state index contributed by atoms with van der Waals surface area (Å²) in [5.41, 5.74) is 5.01. The number of carbonyl (C=O) groups excluding carboxylic acids is 1.